The van der Waals surface area contributed by atoms with E-state index in [4.69, 9.17) is 11.6 Å². The Morgan fingerprint density at radius 2 is 1.89 bits per heavy atom. The molecule has 1 rings (SSSR count). The minimum Gasteiger partial charge on any atom is -0.346 e. The molecule has 3 heteroatoms. The van der Waals surface area contributed by atoms with E-state index in [-0.39, 0.29) is 0 Å². The first-order chi connectivity index (χ1) is 8.74. The fourth-order valence-corrected chi connectivity index (χ4v) is 2.93. The van der Waals surface area contributed by atoms with Crippen molar-refractivity contribution in [2.24, 2.45) is 5.92 Å². The average Bonchev–Trinajstić information content (AvgIpc) is 2.42. The van der Waals surface area contributed by atoms with Crippen molar-refractivity contribution < 1.29 is 4.79 Å². The normalized spacial score (nSPS) is 16.8. The Kier molecular flexibility index (Phi) is 8.49. The molecule has 0 aromatic rings. The van der Waals surface area contributed by atoms with Crippen molar-refractivity contribution in [2.45, 2.75) is 64.2 Å². The van der Waals surface area contributed by atoms with Gasteiger partial charge in [-0.3, -0.25) is 4.79 Å². The zero-order chi connectivity index (χ0) is 13.2. The number of amides is 1. The van der Waals surface area contributed by atoms with Crippen molar-refractivity contribution in [3.05, 3.63) is 0 Å². The van der Waals surface area contributed by atoms with E-state index in [1.165, 1.54) is 32.1 Å². The number of unbranched alkanes of at least 4 members (excludes halogenated alkanes) is 2. The Balaban J connectivity index is 2.07. The van der Waals surface area contributed by atoms with Gasteiger partial charge in [0, 0.05) is 25.9 Å². The van der Waals surface area contributed by atoms with Crippen molar-refractivity contribution >= 4 is 17.5 Å². The second kappa shape index (κ2) is 9.66. The van der Waals surface area contributed by atoms with Crippen LogP contribution in [-0.2, 0) is 4.79 Å². The summed E-state index contributed by atoms with van der Waals surface area (Å²) in [7, 11) is 1.93. The minimum atomic E-state index is 0.325. The number of hydrogen-bond donors (Lipinski definition) is 0. The Morgan fingerprint density at radius 3 is 2.56 bits per heavy atom. The number of rotatable bonds is 8. The second-order valence-corrected chi connectivity index (χ2v) is 5.99. The van der Waals surface area contributed by atoms with Gasteiger partial charge in [0.1, 0.15) is 0 Å². The maximum absolute atomic E-state index is 11.9. The molecule has 0 aliphatic heterocycles. The lowest BCUT2D eigenvalue weighted by molar-refractivity contribution is -0.130. The lowest BCUT2D eigenvalue weighted by Crippen LogP contribution is -2.28. The van der Waals surface area contributed by atoms with Crippen LogP contribution in [0.3, 0.4) is 0 Å². The molecule has 1 aliphatic rings. The van der Waals surface area contributed by atoms with Crippen LogP contribution < -0.4 is 0 Å². The van der Waals surface area contributed by atoms with Gasteiger partial charge in [0.25, 0.3) is 0 Å². The molecule has 1 amide bonds. The van der Waals surface area contributed by atoms with Crippen LogP contribution in [0, 0.1) is 5.92 Å². The van der Waals surface area contributed by atoms with E-state index in [9.17, 15) is 4.79 Å². The maximum Gasteiger partial charge on any atom is 0.222 e. The van der Waals surface area contributed by atoms with E-state index in [0.717, 1.165) is 50.4 Å². The predicted octanol–water partition coefficient (Wildman–Crippen LogP) is 4.21. The third kappa shape index (κ3) is 6.63. The van der Waals surface area contributed by atoms with Gasteiger partial charge in [-0.1, -0.05) is 38.5 Å². The zero-order valence-corrected chi connectivity index (χ0v) is 12.6. The van der Waals surface area contributed by atoms with Crippen molar-refractivity contribution in [2.75, 3.05) is 19.5 Å². The monoisotopic (exact) mass is 273 g/mol. The summed E-state index contributed by atoms with van der Waals surface area (Å²) in [5.41, 5.74) is 0. The van der Waals surface area contributed by atoms with E-state index in [1.54, 1.807) is 0 Å². The molecule has 2 nitrogen and oxygen atoms in total. The summed E-state index contributed by atoms with van der Waals surface area (Å²) < 4.78 is 0. The van der Waals surface area contributed by atoms with Crippen LogP contribution in [0.2, 0.25) is 0 Å². The smallest absolute Gasteiger partial charge is 0.222 e. The molecular weight excluding hydrogens is 246 g/mol. The highest BCUT2D eigenvalue weighted by molar-refractivity contribution is 6.17. The summed E-state index contributed by atoms with van der Waals surface area (Å²) in [5, 5.41) is 0. The quantitative estimate of drug-likeness (QED) is 0.479. The first-order valence-electron chi connectivity index (χ1n) is 7.54. The van der Waals surface area contributed by atoms with Crippen LogP contribution in [0.1, 0.15) is 64.2 Å². The highest BCUT2D eigenvalue weighted by atomic mass is 35.5. The maximum atomic E-state index is 11.9. The van der Waals surface area contributed by atoms with Gasteiger partial charge in [-0.25, -0.2) is 0 Å². The van der Waals surface area contributed by atoms with E-state index < -0.39 is 0 Å². The highest BCUT2D eigenvalue weighted by Gasteiger charge is 2.16. The molecule has 18 heavy (non-hydrogen) atoms. The molecule has 0 atom stereocenters. The molecule has 0 N–H and O–H groups in total. The summed E-state index contributed by atoms with van der Waals surface area (Å²) in [6.45, 7) is 0.889. The van der Waals surface area contributed by atoms with Gasteiger partial charge in [0.05, 0.1) is 0 Å². The standard InChI is InChI=1S/C15H28ClNO/c1-17(13-7-3-6-12-16)15(18)11-10-14-8-4-2-5-9-14/h14H,2-13H2,1H3. The van der Waals surface area contributed by atoms with Crippen LogP contribution in [0.15, 0.2) is 0 Å². The van der Waals surface area contributed by atoms with Gasteiger partial charge in [-0.15, -0.1) is 11.6 Å². The number of carbonyl (C=O) groups excluding carboxylic acids is 1. The molecule has 0 spiro atoms. The summed E-state index contributed by atoms with van der Waals surface area (Å²) >= 11 is 5.63. The first-order valence-corrected chi connectivity index (χ1v) is 8.07. The zero-order valence-electron chi connectivity index (χ0n) is 11.8. The number of nitrogens with zero attached hydrogens (tertiary/aromatic N) is 1. The van der Waals surface area contributed by atoms with E-state index in [1.807, 2.05) is 11.9 Å². The Morgan fingerprint density at radius 1 is 1.17 bits per heavy atom. The lowest BCUT2D eigenvalue weighted by Gasteiger charge is -2.23. The van der Waals surface area contributed by atoms with E-state index in [0.29, 0.717) is 5.91 Å². The third-order valence-corrected chi connectivity index (χ3v) is 4.31. The van der Waals surface area contributed by atoms with Crippen molar-refractivity contribution in [3.8, 4) is 0 Å². The van der Waals surface area contributed by atoms with Crippen LogP contribution in [0.5, 0.6) is 0 Å². The third-order valence-electron chi connectivity index (χ3n) is 4.04. The van der Waals surface area contributed by atoms with Gasteiger partial charge in [-0.2, -0.15) is 0 Å². The summed E-state index contributed by atoms with van der Waals surface area (Å²) in [6.07, 6.45) is 11.9. The Hall–Kier alpha value is -0.240. The molecule has 0 bridgehead atoms. The number of carbonyl (C=O) groups is 1. The average molecular weight is 274 g/mol. The lowest BCUT2D eigenvalue weighted by atomic mass is 9.86. The van der Waals surface area contributed by atoms with Crippen molar-refractivity contribution in [3.63, 3.8) is 0 Å². The largest absolute Gasteiger partial charge is 0.346 e. The Bertz CT molecular complexity index is 227. The second-order valence-electron chi connectivity index (χ2n) is 5.61. The fraction of sp³-hybridized carbons (Fsp3) is 0.933. The predicted molar refractivity (Wildman–Crippen MR) is 78.0 cm³/mol. The molecule has 0 aromatic heterocycles. The van der Waals surface area contributed by atoms with Crippen LogP contribution in [0.25, 0.3) is 0 Å². The number of hydrogen-bond acceptors (Lipinski definition) is 1. The van der Waals surface area contributed by atoms with Gasteiger partial charge in [0.15, 0.2) is 0 Å². The molecular formula is C15H28ClNO. The van der Waals surface area contributed by atoms with Crippen LogP contribution >= 0.6 is 11.6 Å². The summed E-state index contributed by atoms with van der Waals surface area (Å²) in [4.78, 5) is 13.8. The van der Waals surface area contributed by atoms with E-state index >= 15 is 0 Å². The van der Waals surface area contributed by atoms with Crippen LogP contribution in [-0.4, -0.2) is 30.3 Å². The Labute approximate surface area is 117 Å². The first kappa shape index (κ1) is 15.8. The highest BCUT2D eigenvalue weighted by Crippen LogP contribution is 2.27. The molecule has 0 aromatic carbocycles. The molecule has 0 heterocycles. The minimum absolute atomic E-state index is 0.325. The van der Waals surface area contributed by atoms with E-state index in [2.05, 4.69) is 0 Å². The summed E-state index contributed by atoms with van der Waals surface area (Å²) in [6, 6.07) is 0. The number of alkyl halides is 1. The van der Waals surface area contributed by atoms with Crippen LogP contribution in [0.4, 0.5) is 0 Å². The van der Waals surface area contributed by atoms with Gasteiger partial charge in [0.2, 0.25) is 5.91 Å². The molecule has 0 saturated heterocycles. The SMILES string of the molecule is CN(CCCCCCl)C(=O)CCC1CCCCC1. The molecule has 0 radical (unpaired) electrons. The fourth-order valence-electron chi connectivity index (χ4n) is 2.74. The molecule has 1 saturated carbocycles. The van der Waals surface area contributed by atoms with Gasteiger partial charge >= 0.3 is 0 Å². The van der Waals surface area contributed by atoms with Gasteiger partial charge < -0.3 is 4.90 Å². The number of halogens is 1. The molecule has 106 valence electrons. The van der Waals surface area contributed by atoms with Crippen molar-refractivity contribution in [1.29, 1.82) is 0 Å². The summed E-state index contributed by atoms with van der Waals surface area (Å²) in [5.74, 6) is 1.87. The van der Waals surface area contributed by atoms with Crippen molar-refractivity contribution in [1.82, 2.24) is 4.90 Å². The topological polar surface area (TPSA) is 20.3 Å². The molecule has 1 aliphatic carbocycles. The molecule has 1 fully saturated rings. The molecule has 0 unspecified atom stereocenters. The van der Waals surface area contributed by atoms with Gasteiger partial charge in [-0.05, 0) is 25.2 Å².